The summed E-state index contributed by atoms with van der Waals surface area (Å²) in [6, 6.07) is 4.04. The van der Waals surface area contributed by atoms with Gasteiger partial charge in [-0.25, -0.2) is 4.98 Å². The number of pyridine rings is 1. The molecule has 0 atom stereocenters. The SMILES string of the molecule is CNCC(C)=Cc1c[nH]c2ncccc12. The average Bonchev–Trinajstić information content (AvgIpc) is 2.62. The summed E-state index contributed by atoms with van der Waals surface area (Å²) in [5.74, 6) is 0. The maximum Gasteiger partial charge on any atom is 0.137 e. The molecule has 0 saturated carbocycles. The summed E-state index contributed by atoms with van der Waals surface area (Å²) in [5.41, 5.74) is 3.45. The Kier molecular flexibility index (Phi) is 2.83. The first-order valence-electron chi connectivity index (χ1n) is 5.05. The van der Waals surface area contributed by atoms with E-state index >= 15 is 0 Å². The van der Waals surface area contributed by atoms with E-state index in [0.717, 1.165) is 12.2 Å². The lowest BCUT2D eigenvalue weighted by Gasteiger charge is -1.98. The number of aromatic nitrogens is 2. The van der Waals surface area contributed by atoms with Crippen molar-refractivity contribution >= 4 is 17.1 Å². The Morgan fingerprint density at radius 1 is 1.60 bits per heavy atom. The van der Waals surface area contributed by atoms with Gasteiger partial charge in [0.15, 0.2) is 0 Å². The number of hydrogen-bond acceptors (Lipinski definition) is 2. The summed E-state index contributed by atoms with van der Waals surface area (Å²) in [5, 5.41) is 4.31. The Balaban J connectivity index is 2.40. The Hall–Kier alpha value is -1.61. The van der Waals surface area contributed by atoms with Crippen LogP contribution in [0.2, 0.25) is 0 Å². The molecule has 0 saturated heterocycles. The molecule has 15 heavy (non-hydrogen) atoms. The van der Waals surface area contributed by atoms with Crippen LogP contribution in [0.15, 0.2) is 30.1 Å². The molecule has 0 unspecified atom stereocenters. The van der Waals surface area contributed by atoms with Gasteiger partial charge < -0.3 is 10.3 Å². The molecule has 2 heterocycles. The minimum Gasteiger partial charge on any atom is -0.346 e. The maximum atomic E-state index is 4.25. The van der Waals surface area contributed by atoms with Gasteiger partial charge in [-0.1, -0.05) is 11.6 Å². The summed E-state index contributed by atoms with van der Waals surface area (Å²) in [7, 11) is 1.95. The Morgan fingerprint density at radius 3 is 3.27 bits per heavy atom. The molecular formula is C12H15N3. The second-order valence-corrected chi connectivity index (χ2v) is 3.66. The van der Waals surface area contributed by atoms with Gasteiger partial charge in [0, 0.05) is 29.9 Å². The number of nitrogens with one attached hydrogen (secondary N) is 2. The summed E-state index contributed by atoms with van der Waals surface area (Å²) in [6.07, 6.45) is 5.97. The third kappa shape index (κ3) is 2.07. The smallest absolute Gasteiger partial charge is 0.137 e. The van der Waals surface area contributed by atoms with Gasteiger partial charge in [0.2, 0.25) is 0 Å². The highest BCUT2D eigenvalue weighted by Crippen LogP contribution is 2.18. The van der Waals surface area contributed by atoms with Crippen LogP contribution in [0.3, 0.4) is 0 Å². The molecule has 0 aliphatic rings. The van der Waals surface area contributed by atoms with Crippen molar-refractivity contribution in [3.05, 3.63) is 35.7 Å². The van der Waals surface area contributed by atoms with Gasteiger partial charge in [0.1, 0.15) is 5.65 Å². The molecule has 0 spiro atoms. The molecule has 0 aliphatic carbocycles. The Bertz CT molecular complexity index is 482. The quantitative estimate of drug-likeness (QED) is 0.799. The highest BCUT2D eigenvalue weighted by atomic mass is 14.8. The van der Waals surface area contributed by atoms with Gasteiger partial charge in [-0.15, -0.1) is 0 Å². The lowest BCUT2D eigenvalue weighted by molar-refractivity contribution is 0.885. The molecule has 0 bridgehead atoms. The van der Waals surface area contributed by atoms with Gasteiger partial charge in [-0.2, -0.15) is 0 Å². The highest BCUT2D eigenvalue weighted by molar-refractivity contribution is 5.86. The van der Waals surface area contributed by atoms with E-state index in [1.54, 1.807) is 6.20 Å². The van der Waals surface area contributed by atoms with Crippen LogP contribution >= 0.6 is 0 Å². The summed E-state index contributed by atoms with van der Waals surface area (Å²) in [6.45, 7) is 3.03. The van der Waals surface area contributed by atoms with E-state index in [4.69, 9.17) is 0 Å². The van der Waals surface area contributed by atoms with Gasteiger partial charge in [-0.3, -0.25) is 0 Å². The molecule has 2 rings (SSSR count). The first-order chi connectivity index (χ1) is 7.31. The molecule has 0 aromatic carbocycles. The molecule has 0 amide bonds. The zero-order valence-corrected chi connectivity index (χ0v) is 9.04. The number of rotatable bonds is 3. The lowest BCUT2D eigenvalue weighted by Crippen LogP contribution is -2.08. The topological polar surface area (TPSA) is 40.7 Å². The van der Waals surface area contributed by atoms with Crippen LogP contribution in [-0.2, 0) is 0 Å². The van der Waals surface area contributed by atoms with Gasteiger partial charge in [0.25, 0.3) is 0 Å². The molecule has 3 heteroatoms. The van der Waals surface area contributed by atoms with E-state index in [0.29, 0.717) is 0 Å². The molecule has 2 aromatic heterocycles. The molecular weight excluding hydrogens is 186 g/mol. The van der Waals surface area contributed by atoms with Crippen LogP contribution in [0.25, 0.3) is 17.1 Å². The third-order valence-electron chi connectivity index (χ3n) is 2.34. The van der Waals surface area contributed by atoms with Crippen LogP contribution in [0, 0.1) is 0 Å². The fraction of sp³-hybridized carbons (Fsp3) is 0.250. The van der Waals surface area contributed by atoms with Crippen molar-refractivity contribution in [2.75, 3.05) is 13.6 Å². The summed E-state index contributed by atoms with van der Waals surface area (Å²) < 4.78 is 0. The fourth-order valence-corrected chi connectivity index (χ4v) is 1.69. The molecule has 0 radical (unpaired) electrons. The number of aromatic amines is 1. The number of likely N-dealkylation sites (N-methyl/N-ethyl adjacent to an activating group) is 1. The highest BCUT2D eigenvalue weighted by Gasteiger charge is 2.00. The first kappa shape index (κ1) is 9.93. The minimum atomic E-state index is 0.910. The number of nitrogens with zero attached hydrogens (tertiary/aromatic N) is 1. The van der Waals surface area contributed by atoms with Gasteiger partial charge >= 0.3 is 0 Å². The monoisotopic (exact) mass is 201 g/mol. The summed E-state index contributed by atoms with van der Waals surface area (Å²) >= 11 is 0. The number of fused-ring (bicyclic) bond motifs is 1. The zero-order valence-electron chi connectivity index (χ0n) is 9.04. The van der Waals surface area contributed by atoms with Gasteiger partial charge in [0.05, 0.1) is 0 Å². The van der Waals surface area contributed by atoms with Crippen LogP contribution in [0.4, 0.5) is 0 Å². The summed E-state index contributed by atoms with van der Waals surface area (Å²) in [4.78, 5) is 7.41. The lowest BCUT2D eigenvalue weighted by atomic mass is 10.1. The van der Waals surface area contributed by atoms with Crippen molar-refractivity contribution in [1.29, 1.82) is 0 Å². The van der Waals surface area contributed by atoms with E-state index in [-0.39, 0.29) is 0 Å². The largest absolute Gasteiger partial charge is 0.346 e. The molecule has 0 aliphatic heterocycles. The second-order valence-electron chi connectivity index (χ2n) is 3.66. The first-order valence-corrected chi connectivity index (χ1v) is 5.05. The Morgan fingerprint density at radius 2 is 2.47 bits per heavy atom. The molecule has 2 aromatic rings. The van der Waals surface area contributed by atoms with Crippen molar-refractivity contribution in [3.8, 4) is 0 Å². The van der Waals surface area contributed by atoms with Crippen molar-refractivity contribution in [2.24, 2.45) is 0 Å². The molecule has 0 fully saturated rings. The minimum absolute atomic E-state index is 0.910. The second kappa shape index (κ2) is 4.28. The van der Waals surface area contributed by atoms with Crippen LogP contribution in [0.1, 0.15) is 12.5 Å². The molecule has 3 nitrogen and oxygen atoms in total. The van der Waals surface area contributed by atoms with E-state index < -0.39 is 0 Å². The van der Waals surface area contributed by atoms with Crippen molar-refractivity contribution in [1.82, 2.24) is 15.3 Å². The van der Waals surface area contributed by atoms with Crippen LogP contribution in [-0.4, -0.2) is 23.6 Å². The zero-order chi connectivity index (χ0) is 10.7. The van der Waals surface area contributed by atoms with Gasteiger partial charge in [-0.05, 0) is 26.1 Å². The fourth-order valence-electron chi connectivity index (χ4n) is 1.69. The number of H-pyrrole nitrogens is 1. The molecule has 78 valence electrons. The van der Waals surface area contributed by atoms with E-state index in [2.05, 4.69) is 34.4 Å². The number of hydrogen-bond donors (Lipinski definition) is 2. The Labute approximate surface area is 89.2 Å². The average molecular weight is 201 g/mol. The van der Waals surface area contributed by atoms with E-state index in [1.807, 2.05) is 19.3 Å². The van der Waals surface area contributed by atoms with Crippen molar-refractivity contribution in [2.45, 2.75) is 6.92 Å². The van der Waals surface area contributed by atoms with Crippen LogP contribution in [0.5, 0.6) is 0 Å². The maximum absolute atomic E-state index is 4.25. The van der Waals surface area contributed by atoms with Crippen LogP contribution < -0.4 is 5.32 Å². The standard InChI is InChI=1S/C12H15N3/c1-9(7-13-2)6-10-8-15-12-11(10)4-3-5-14-12/h3-6,8,13H,7H2,1-2H3,(H,14,15). The van der Waals surface area contributed by atoms with E-state index in [9.17, 15) is 0 Å². The third-order valence-corrected chi connectivity index (χ3v) is 2.34. The van der Waals surface area contributed by atoms with Crippen molar-refractivity contribution < 1.29 is 0 Å². The predicted molar refractivity (Wildman–Crippen MR) is 63.7 cm³/mol. The van der Waals surface area contributed by atoms with E-state index in [1.165, 1.54) is 16.5 Å². The predicted octanol–water partition coefficient (Wildman–Crippen LogP) is 2.19. The molecule has 2 N–H and O–H groups in total. The van der Waals surface area contributed by atoms with Crippen molar-refractivity contribution in [3.63, 3.8) is 0 Å². The normalized spacial score (nSPS) is 12.3.